The van der Waals surface area contributed by atoms with Gasteiger partial charge >= 0.3 is 0 Å². The van der Waals surface area contributed by atoms with Crippen molar-refractivity contribution in [2.24, 2.45) is 0 Å². The SMILES string of the molecule is Ic1ccc(-n2c3ccccc3c3ccc4c5ccccc5n(-c5ccccc5)c4c32)cc1. The minimum absolute atomic E-state index is 1.18. The Morgan fingerprint density at radius 1 is 0.394 bits per heavy atom. The Kier molecular flexibility index (Phi) is 4.15. The molecular formula is C30H19IN2. The van der Waals surface area contributed by atoms with Crippen LogP contribution in [0, 0.1) is 3.57 Å². The number of nitrogens with zero attached hydrogens (tertiary/aromatic N) is 2. The van der Waals surface area contributed by atoms with Crippen LogP contribution < -0.4 is 0 Å². The van der Waals surface area contributed by atoms with E-state index in [-0.39, 0.29) is 0 Å². The Morgan fingerprint density at radius 3 is 1.39 bits per heavy atom. The van der Waals surface area contributed by atoms with Crippen molar-refractivity contribution in [2.45, 2.75) is 0 Å². The molecule has 0 N–H and O–H groups in total. The van der Waals surface area contributed by atoms with Crippen molar-refractivity contribution in [1.82, 2.24) is 9.13 Å². The normalized spacial score (nSPS) is 11.8. The molecule has 7 aromatic rings. The second-order valence-electron chi connectivity index (χ2n) is 8.37. The van der Waals surface area contributed by atoms with E-state index in [0.29, 0.717) is 0 Å². The Morgan fingerprint density at radius 2 is 0.848 bits per heavy atom. The molecule has 2 aromatic heterocycles. The van der Waals surface area contributed by atoms with E-state index in [4.69, 9.17) is 0 Å². The molecule has 0 saturated heterocycles. The number of hydrogen-bond acceptors (Lipinski definition) is 0. The maximum absolute atomic E-state index is 2.43. The van der Waals surface area contributed by atoms with E-state index in [2.05, 4.69) is 147 Å². The van der Waals surface area contributed by atoms with Gasteiger partial charge < -0.3 is 9.13 Å². The fourth-order valence-corrected chi connectivity index (χ4v) is 5.56. The smallest absolute Gasteiger partial charge is 0.0788 e. The highest BCUT2D eigenvalue weighted by atomic mass is 127. The number of halogens is 1. The summed E-state index contributed by atoms with van der Waals surface area (Å²) in [6, 6.07) is 41.6. The fraction of sp³-hybridized carbons (Fsp3) is 0. The van der Waals surface area contributed by atoms with Gasteiger partial charge in [-0.3, -0.25) is 0 Å². The first-order valence-electron chi connectivity index (χ1n) is 11.1. The summed E-state index contributed by atoms with van der Waals surface area (Å²) in [5.74, 6) is 0. The molecule has 0 spiro atoms. The second kappa shape index (κ2) is 7.22. The highest BCUT2D eigenvalue weighted by Crippen LogP contribution is 2.41. The van der Waals surface area contributed by atoms with Gasteiger partial charge in [0.05, 0.1) is 22.1 Å². The molecule has 0 radical (unpaired) electrons. The molecule has 0 aliphatic heterocycles. The molecule has 156 valence electrons. The first kappa shape index (κ1) is 18.9. The van der Waals surface area contributed by atoms with Gasteiger partial charge in [-0.2, -0.15) is 0 Å². The number of para-hydroxylation sites is 3. The van der Waals surface area contributed by atoms with Crippen LogP contribution in [0.1, 0.15) is 0 Å². The van der Waals surface area contributed by atoms with Crippen LogP contribution in [-0.4, -0.2) is 9.13 Å². The number of hydrogen-bond donors (Lipinski definition) is 0. The Hall–Kier alpha value is -3.57. The van der Waals surface area contributed by atoms with Crippen LogP contribution in [0.25, 0.3) is 55.0 Å². The standard InChI is InChI=1S/C30H19IN2/c31-20-14-16-22(17-15-20)33-28-13-7-5-11-24(28)26-19-18-25-23-10-4-6-12-27(23)32(29(25)30(26)33)21-8-2-1-3-9-21/h1-19H. The average molecular weight is 534 g/mol. The molecule has 3 heteroatoms. The van der Waals surface area contributed by atoms with Crippen molar-refractivity contribution in [3.8, 4) is 11.4 Å². The van der Waals surface area contributed by atoms with Crippen LogP contribution >= 0.6 is 22.6 Å². The van der Waals surface area contributed by atoms with Gasteiger partial charge in [-0.1, -0.05) is 66.7 Å². The molecular weight excluding hydrogens is 515 g/mol. The zero-order valence-corrected chi connectivity index (χ0v) is 19.9. The van der Waals surface area contributed by atoms with E-state index in [1.54, 1.807) is 0 Å². The minimum atomic E-state index is 1.18. The van der Waals surface area contributed by atoms with Gasteiger partial charge in [0.1, 0.15) is 0 Å². The third-order valence-corrected chi connectivity index (χ3v) is 7.29. The largest absolute Gasteiger partial charge is 0.307 e. The second-order valence-corrected chi connectivity index (χ2v) is 9.62. The third-order valence-electron chi connectivity index (χ3n) is 6.57. The quantitative estimate of drug-likeness (QED) is 0.197. The Labute approximate surface area is 204 Å². The highest BCUT2D eigenvalue weighted by Gasteiger charge is 2.20. The minimum Gasteiger partial charge on any atom is -0.307 e. The van der Waals surface area contributed by atoms with E-state index in [1.165, 1.54) is 58.6 Å². The molecule has 0 amide bonds. The van der Waals surface area contributed by atoms with E-state index in [0.717, 1.165) is 0 Å². The summed E-state index contributed by atoms with van der Waals surface area (Å²) < 4.78 is 6.09. The monoisotopic (exact) mass is 534 g/mol. The lowest BCUT2D eigenvalue weighted by Crippen LogP contribution is -1.98. The molecule has 2 nitrogen and oxygen atoms in total. The topological polar surface area (TPSA) is 9.86 Å². The van der Waals surface area contributed by atoms with Gasteiger partial charge in [0.2, 0.25) is 0 Å². The van der Waals surface area contributed by atoms with Crippen LogP contribution in [0.4, 0.5) is 0 Å². The fourth-order valence-electron chi connectivity index (χ4n) is 5.20. The number of benzene rings is 5. The maximum atomic E-state index is 2.43. The summed E-state index contributed by atoms with van der Waals surface area (Å²) in [6.07, 6.45) is 0. The summed E-state index contributed by atoms with van der Waals surface area (Å²) >= 11 is 2.37. The number of rotatable bonds is 2. The van der Waals surface area contributed by atoms with Crippen LogP contribution in [0.2, 0.25) is 0 Å². The molecule has 2 heterocycles. The number of fused-ring (bicyclic) bond motifs is 7. The van der Waals surface area contributed by atoms with Gasteiger partial charge in [-0.25, -0.2) is 0 Å². The van der Waals surface area contributed by atoms with Crippen LogP contribution in [0.5, 0.6) is 0 Å². The zero-order chi connectivity index (χ0) is 21.9. The summed E-state index contributed by atoms with van der Waals surface area (Å²) in [6.45, 7) is 0. The average Bonchev–Trinajstić information content (AvgIpc) is 3.38. The van der Waals surface area contributed by atoms with Crippen molar-refractivity contribution >= 4 is 66.2 Å². The lowest BCUT2D eigenvalue weighted by Gasteiger charge is -2.12. The molecule has 0 aliphatic rings. The van der Waals surface area contributed by atoms with Crippen molar-refractivity contribution in [2.75, 3.05) is 0 Å². The molecule has 0 atom stereocenters. The van der Waals surface area contributed by atoms with E-state index in [9.17, 15) is 0 Å². The maximum Gasteiger partial charge on any atom is 0.0788 e. The molecule has 0 bridgehead atoms. The van der Waals surface area contributed by atoms with Crippen molar-refractivity contribution in [1.29, 1.82) is 0 Å². The van der Waals surface area contributed by atoms with Crippen LogP contribution in [0.3, 0.4) is 0 Å². The molecule has 0 aliphatic carbocycles. The zero-order valence-electron chi connectivity index (χ0n) is 17.7. The predicted octanol–water partition coefficient (Wildman–Crippen LogP) is 8.49. The van der Waals surface area contributed by atoms with Crippen molar-refractivity contribution in [3.63, 3.8) is 0 Å². The van der Waals surface area contributed by atoms with E-state index < -0.39 is 0 Å². The van der Waals surface area contributed by atoms with Gasteiger partial charge in [-0.15, -0.1) is 0 Å². The summed E-state index contributed by atoms with van der Waals surface area (Å²) in [5, 5.41) is 5.10. The van der Waals surface area contributed by atoms with Crippen molar-refractivity contribution in [3.05, 3.63) is 119 Å². The van der Waals surface area contributed by atoms with Gasteiger partial charge in [-0.05, 0) is 71.1 Å². The van der Waals surface area contributed by atoms with Gasteiger partial charge in [0, 0.05) is 36.5 Å². The van der Waals surface area contributed by atoms with E-state index in [1.807, 2.05) is 0 Å². The summed E-state index contributed by atoms with van der Waals surface area (Å²) in [7, 11) is 0. The summed E-state index contributed by atoms with van der Waals surface area (Å²) in [4.78, 5) is 0. The highest BCUT2D eigenvalue weighted by molar-refractivity contribution is 14.1. The molecule has 0 fully saturated rings. The molecule has 5 aromatic carbocycles. The van der Waals surface area contributed by atoms with E-state index >= 15 is 0 Å². The molecule has 33 heavy (non-hydrogen) atoms. The lowest BCUT2D eigenvalue weighted by atomic mass is 10.1. The van der Waals surface area contributed by atoms with Crippen LogP contribution in [-0.2, 0) is 0 Å². The summed E-state index contributed by atoms with van der Waals surface area (Å²) in [5.41, 5.74) is 7.30. The predicted molar refractivity (Wildman–Crippen MR) is 148 cm³/mol. The first-order chi connectivity index (χ1) is 16.3. The molecule has 0 unspecified atom stereocenters. The third kappa shape index (κ3) is 2.72. The Balaban J connectivity index is 1.78. The Bertz CT molecular complexity index is 1810. The van der Waals surface area contributed by atoms with Gasteiger partial charge in [0.25, 0.3) is 0 Å². The van der Waals surface area contributed by atoms with Crippen molar-refractivity contribution < 1.29 is 0 Å². The first-order valence-corrected chi connectivity index (χ1v) is 12.2. The lowest BCUT2D eigenvalue weighted by molar-refractivity contribution is 1.15. The van der Waals surface area contributed by atoms with Gasteiger partial charge in [0.15, 0.2) is 0 Å². The number of aromatic nitrogens is 2. The molecule has 7 rings (SSSR count). The van der Waals surface area contributed by atoms with Crippen LogP contribution in [0.15, 0.2) is 115 Å². The molecule has 0 saturated carbocycles.